The monoisotopic (exact) mass is 290 g/mol. The molecule has 4 fully saturated rings. The lowest BCUT2D eigenvalue weighted by Gasteiger charge is -2.62. The van der Waals surface area contributed by atoms with Gasteiger partial charge >= 0.3 is 0 Å². The van der Waals surface area contributed by atoms with Gasteiger partial charge in [-0.1, -0.05) is 34.1 Å². The van der Waals surface area contributed by atoms with E-state index in [0.717, 1.165) is 11.8 Å². The van der Waals surface area contributed by atoms with Crippen molar-refractivity contribution < 1.29 is 4.74 Å². The largest absolute Gasteiger partial charge is 0.366 e. The van der Waals surface area contributed by atoms with Gasteiger partial charge in [-0.05, 0) is 80.0 Å². The smallest absolute Gasteiger partial charge is 0.0920 e. The van der Waals surface area contributed by atoms with Crippen LogP contribution in [0, 0.1) is 28.1 Å². The molecule has 0 aromatic rings. The molecule has 120 valence electrons. The molecule has 1 nitrogen and oxygen atoms in total. The van der Waals surface area contributed by atoms with Crippen LogP contribution >= 0.6 is 0 Å². The average molecular weight is 290 g/mol. The summed E-state index contributed by atoms with van der Waals surface area (Å²) >= 11 is 0. The Morgan fingerprint density at radius 1 is 0.810 bits per heavy atom. The van der Waals surface area contributed by atoms with Crippen molar-refractivity contribution in [3.63, 3.8) is 0 Å². The molecule has 1 saturated heterocycles. The van der Waals surface area contributed by atoms with Gasteiger partial charge < -0.3 is 4.74 Å². The van der Waals surface area contributed by atoms with Crippen molar-refractivity contribution in [2.45, 2.75) is 97.7 Å². The van der Waals surface area contributed by atoms with Crippen molar-refractivity contribution in [3.05, 3.63) is 0 Å². The van der Waals surface area contributed by atoms with Crippen LogP contribution in [0.2, 0.25) is 0 Å². The second-order valence-electron chi connectivity index (χ2n) is 10.3. The van der Waals surface area contributed by atoms with Crippen LogP contribution in [0.4, 0.5) is 0 Å². The highest BCUT2D eigenvalue weighted by atomic mass is 16.6. The number of ether oxygens (including phenoxy) is 1. The van der Waals surface area contributed by atoms with Gasteiger partial charge in [0.05, 0.1) is 11.7 Å². The zero-order valence-electron chi connectivity index (χ0n) is 14.8. The molecule has 1 aliphatic heterocycles. The second-order valence-corrected chi connectivity index (χ2v) is 10.3. The third-order valence-corrected chi connectivity index (χ3v) is 8.53. The first-order chi connectivity index (χ1) is 9.70. The van der Waals surface area contributed by atoms with Crippen LogP contribution in [0.15, 0.2) is 0 Å². The highest BCUT2D eigenvalue weighted by Crippen LogP contribution is 2.69. The van der Waals surface area contributed by atoms with E-state index in [1.807, 2.05) is 0 Å². The second kappa shape index (κ2) is 4.08. The first-order valence-corrected chi connectivity index (χ1v) is 9.38. The van der Waals surface area contributed by atoms with Gasteiger partial charge in [-0.25, -0.2) is 0 Å². The van der Waals surface area contributed by atoms with Gasteiger partial charge in [-0.15, -0.1) is 0 Å². The number of fused-ring (bicyclic) bond motifs is 4. The van der Waals surface area contributed by atoms with Gasteiger partial charge in [0, 0.05) is 0 Å². The Morgan fingerprint density at radius 2 is 1.52 bits per heavy atom. The van der Waals surface area contributed by atoms with Crippen LogP contribution in [0.25, 0.3) is 0 Å². The molecule has 0 bridgehead atoms. The van der Waals surface area contributed by atoms with Gasteiger partial charge in [0.25, 0.3) is 0 Å². The summed E-state index contributed by atoms with van der Waals surface area (Å²) in [6.45, 7) is 12.7. The molecule has 1 heterocycles. The molecule has 0 spiro atoms. The molecule has 3 aliphatic carbocycles. The summed E-state index contributed by atoms with van der Waals surface area (Å²) in [6.07, 6.45) is 11.9. The molecule has 6 unspecified atom stereocenters. The zero-order valence-corrected chi connectivity index (χ0v) is 14.8. The van der Waals surface area contributed by atoms with Crippen molar-refractivity contribution >= 4 is 0 Å². The Labute approximate surface area is 131 Å². The maximum absolute atomic E-state index is 6.07. The summed E-state index contributed by atoms with van der Waals surface area (Å²) in [5.74, 6) is 1.87. The van der Waals surface area contributed by atoms with Gasteiger partial charge in [0.2, 0.25) is 0 Å². The highest BCUT2D eigenvalue weighted by molar-refractivity contribution is 5.13. The van der Waals surface area contributed by atoms with E-state index in [1.54, 1.807) is 0 Å². The predicted molar refractivity (Wildman–Crippen MR) is 87.2 cm³/mol. The maximum atomic E-state index is 6.07. The van der Waals surface area contributed by atoms with Gasteiger partial charge in [0.1, 0.15) is 0 Å². The lowest BCUT2D eigenvalue weighted by atomic mass is 9.42. The Morgan fingerprint density at radius 3 is 2.29 bits per heavy atom. The molecule has 0 radical (unpaired) electrons. The third kappa shape index (κ3) is 1.92. The number of hydrogen-bond donors (Lipinski definition) is 0. The van der Waals surface area contributed by atoms with E-state index < -0.39 is 0 Å². The molecular formula is C20H34O. The molecule has 0 amide bonds. The lowest BCUT2D eigenvalue weighted by molar-refractivity contribution is -0.135. The molecular weight excluding hydrogens is 256 g/mol. The van der Waals surface area contributed by atoms with E-state index in [0.29, 0.717) is 22.3 Å². The first kappa shape index (κ1) is 14.5. The molecule has 4 aliphatic rings. The van der Waals surface area contributed by atoms with Gasteiger partial charge in [-0.2, -0.15) is 0 Å². The molecule has 0 N–H and O–H groups in total. The van der Waals surface area contributed by atoms with E-state index >= 15 is 0 Å². The zero-order chi connectivity index (χ0) is 15.1. The predicted octanol–water partition coefficient (Wildman–Crippen LogP) is 5.58. The fraction of sp³-hybridized carbons (Fsp3) is 1.00. The minimum absolute atomic E-state index is 0.246. The maximum Gasteiger partial charge on any atom is 0.0920 e. The SMILES string of the molecule is CC1(C)CCCC2(C)C1CCC1(C)CC3OC3(C)CCC12. The van der Waals surface area contributed by atoms with E-state index in [1.165, 1.54) is 51.4 Å². The van der Waals surface area contributed by atoms with Crippen LogP contribution in [-0.4, -0.2) is 11.7 Å². The van der Waals surface area contributed by atoms with Gasteiger partial charge in [0.15, 0.2) is 0 Å². The number of rotatable bonds is 0. The first-order valence-electron chi connectivity index (χ1n) is 9.38. The molecule has 21 heavy (non-hydrogen) atoms. The topological polar surface area (TPSA) is 12.5 Å². The van der Waals surface area contributed by atoms with E-state index in [9.17, 15) is 0 Å². The Kier molecular flexibility index (Phi) is 2.82. The van der Waals surface area contributed by atoms with Crippen LogP contribution < -0.4 is 0 Å². The van der Waals surface area contributed by atoms with Crippen molar-refractivity contribution in [1.29, 1.82) is 0 Å². The fourth-order valence-electron chi connectivity index (χ4n) is 7.29. The van der Waals surface area contributed by atoms with Crippen LogP contribution in [0.5, 0.6) is 0 Å². The molecule has 3 saturated carbocycles. The molecule has 6 atom stereocenters. The van der Waals surface area contributed by atoms with Crippen LogP contribution in [0.3, 0.4) is 0 Å². The molecule has 0 aromatic carbocycles. The molecule has 0 aromatic heterocycles. The van der Waals surface area contributed by atoms with Crippen molar-refractivity contribution in [1.82, 2.24) is 0 Å². The third-order valence-electron chi connectivity index (χ3n) is 8.53. The molecule has 1 heteroatoms. The van der Waals surface area contributed by atoms with Crippen molar-refractivity contribution in [2.75, 3.05) is 0 Å². The minimum atomic E-state index is 0.246. The summed E-state index contributed by atoms with van der Waals surface area (Å²) in [6, 6.07) is 0. The summed E-state index contributed by atoms with van der Waals surface area (Å²) in [5, 5.41) is 0. The Bertz CT molecular complexity index is 455. The summed E-state index contributed by atoms with van der Waals surface area (Å²) in [5.41, 5.74) is 1.93. The number of hydrogen-bond acceptors (Lipinski definition) is 1. The normalized spacial score (nSPS) is 58.4. The highest BCUT2D eigenvalue weighted by Gasteiger charge is 2.64. The Balaban J connectivity index is 1.70. The summed E-state index contributed by atoms with van der Waals surface area (Å²) < 4.78 is 6.07. The van der Waals surface area contributed by atoms with E-state index in [4.69, 9.17) is 4.74 Å². The molecule has 4 rings (SSSR count). The fourth-order valence-corrected chi connectivity index (χ4v) is 7.29. The van der Waals surface area contributed by atoms with Gasteiger partial charge in [-0.3, -0.25) is 0 Å². The van der Waals surface area contributed by atoms with Crippen LogP contribution in [-0.2, 0) is 4.74 Å². The summed E-state index contributed by atoms with van der Waals surface area (Å²) in [7, 11) is 0. The number of epoxide rings is 1. The summed E-state index contributed by atoms with van der Waals surface area (Å²) in [4.78, 5) is 0. The van der Waals surface area contributed by atoms with Crippen LogP contribution in [0.1, 0.15) is 86.0 Å². The minimum Gasteiger partial charge on any atom is -0.366 e. The average Bonchev–Trinajstić information content (AvgIpc) is 2.97. The standard InChI is InChI=1S/C20H34O/c1-17(2)9-6-10-19(4)14(17)7-11-18(3)13-16-20(5,21-16)12-8-15(18)19/h14-16H,6-13H2,1-5H3. The van der Waals surface area contributed by atoms with E-state index in [2.05, 4.69) is 34.6 Å². The van der Waals surface area contributed by atoms with E-state index in [-0.39, 0.29) is 5.60 Å². The van der Waals surface area contributed by atoms with Crippen molar-refractivity contribution in [2.24, 2.45) is 28.1 Å². The van der Waals surface area contributed by atoms with Crippen molar-refractivity contribution in [3.8, 4) is 0 Å². The quantitative estimate of drug-likeness (QED) is 0.531. The lowest BCUT2D eigenvalue weighted by Crippen LogP contribution is -2.54. The Hall–Kier alpha value is -0.0400.